The minimum atomic E-state index is -0.387. The molecule has 0 aromatic carbocycles. The molecule has 1 amide bonds. The zero-order valence-corrected chi connectivity index (χ0v) is 10.8. The summed E-state index contributed by atoms with van der Waals surface area (Å²) in [5.74, 6) is -0.277. The molecule has 2 heterocycles. The summed E-state index contributed by atoms with van der Waals surface area (Å²) < 4.78 is 4.61. The number of hydrogen-bond acceptors (Lipinski definition) is 5. The predicted molar refractivity (Wildman–Crippen MR) is 68.4 cm³/mol. The Hall–Kier alpha value is -1.95. The van der Waals surface area contributed by atoms with E-state index in [4.69, 9.17) is 0 Å². The molecule has 0 aliphatic carbocycles. The van der Waals surface area contributed by atoms with E-state index in [1.807, 2.05) is 0 Å². The number of methoxy groups -OCH3 is 1. The highest BCUT2D eigenvalue weighted by molar-refractivity contribution is 5.88. The third-order valence-electron chi connectivity index (χ3n) is 3.08. The number of aromatic nitrogens is 1. The summed E-state index contributed by atoms with van der Waals surface area (Å²) >= 11 is 0. The summed E-state index contributed by atoms with van der Waals surface area (Å²) in [5, 5.41) is 6.14. The molecule has 0 bridgehead atoms. The Labute approximate surface area is 111 Å². The van der Waals surface area contributed by atoms with E-state index in [2.05, 4.69) is 20.4 Å². The predicted octanol–water partition coefficient (Wildman–Crippen LogP) is 0.236. The number of ether oxygens (including phenoxy) is 1. The molecule has 102 valence electrons. The SMILES string of the molecule is COC(=O)c1ccc(CNC2CCC(=O)NC2)nc1. The lowest BCUT2D eigenvalue weighted by molar-refractivity contribution is -0.122. The molecule has 1 atom stereocenters. The molecular formula is C13H17N3O3. The van der Waals surface area contributed by atoms with E-state index in [9.17, 15) is 9.59 Å². The van der Waals surface area contributed by atoms with Gasteiger partial charge in [-0.1, -0.05) is 0 Å². The van der Waals surface area contributed by atoms with Gasteiger partial charge in [0, 0.05) is 31.7 Å². The van der Waals surface area contributed by atoms with Crippen LogP contribution in [0.2, 0.25) is 0 Å². The zero-order valence-electron chi connectivity index (χ0n) is 10.8. The van der Waals surface area contributed by atoms with Gasteiger partial charge in [0.1, 0.15) is 0 Å². The highest BCUT2D eigenvalue weighted by Crippen LogP contribution is 2.05. The van der Waals surface area contributed by atoms with E-state index in [1.54, 1.807) is 12.1 Å². The van der Waals surface area contributed by atoms with Gasteiger partial charge < -0.3 is 15.4 Å². The molecule has 1 aliphatic rings. The fourth-order valence-corrected chi connectivity index (χ4v) is 1.92. The first-order chi connectivity index (χ1) is 9.19. The number of hydrogen-bond donors (Lipinski definition) is 2. The second-order valence-corrected chi connectivity index (χ2v) is 4.45. The third kappa shape index (κ3) is 3.75. The number of esters is 1. The van der Waals surface area contributed by atoms with Gasteiger partial charge in [0.25, 0.3) is 0 Å². The number of carbonyl (C=O) groups is 2. The fraction of sp³-hybridized carbons (Fsp3) is 0.462. The van der Waals surface area contributed by atoms with Gasteiger partial charge in [-0.15, -0.1) is 0 Å². The molecule has 1 aromatic heterocycles. The average molecular weight is 263 g/mol. The Morgan fingerprint density at radius 1 is 1.58 bits per heavy atom. The second-order valence-electron chi connectivity index (χ2n) is 4.45. The molecule has 1 unspecified atom stereocenters. The molecule has 6 nitrogen and oxygen atoms in total. The first-order valence-electron chi connectivity index (χ1n) is 6.22. The molecular weight excluding hydrogens is 246 g/mol. The molecule has 0 saturated carbocycles. The number of carbonyl (C=O) groups excluding carboxylic acids is 2. The van der Waals surface area contributed by atoms with Crippen molar-refractivity contribution in [2.75, 3.05) is 13.7 Å². The molecule has 0 spiro atoms. The van der Waals surface area contributed by atoms with Crippen molar-refractivity contribution in [2.24, 2.45) is 0 Å². The maximum absolute atomic E-state index is 11.2. The van der Waals surface area contributed by atoms with Gasteiger partial charge in [0.2, 0.25) is 5.91 Å². The number of nitrogens with zero attached hydrogens (tertiary/aromatic N) is 1. The number of nitrogens with one attached hydrogen (secondary N) is 2. The quantitative estimate of drug-likeness (QED) is 0.760. The van der Waals surface area contributed by atoms with Crippen molar-refractivity contribution in [3.05, 3.63) is 29.6 Å². The summed E-state index contributed by atoms with van der Waals surface area (Å²) in [6, 6.07) is 3.76. The number of pyridine rings is 1. The number of amides is 1. The Morgan fingerprint density at radius 2 is 2.42 bits per heavy atom. The average Bonchev–Trinajstić information content (AvgIpc) is 2.46. The van der Waals surface area contributed by atoms with Gasteiger partial charge in [-0.3, -0.25) is 9.78 Å². The van der Waals surface area contributed by atoms with Crippen LogP contribution in [0.3, 0.4) is 0 Å². The summed E-state index contributed by atoms with van der Waals surface area (Å²) in [6.07, 6.45) is 2.91. The Balaban J connectivity index is 1.83. The maximum Gasteiger partial charge on any atom is 0.339 e. The van der Waals surface area contributed by atoms with E-state index >= 15 is 0 Å². The minimum Gasteiger partial charge on any atom is -0.465 e. The molecule has 2 N–H and O–H groups in total. The first kappa shape index (κ1) is 13.5. The third-order valence-corrected chi connectivity index (χ3v) is 3.08. The van der Waals surface area contributed by atoms with Crippen molar-refractivity contribution >= 4 is 11.9 Å². The zero-order chi connectivity index (χ0) is 13.7. The molecule has 6 heteroatoms. The Morgan fingerprint density at radius 3 is 3.00 bits per heavy atom. The van der Waals surface area contributed by atoms with Crippen LogP contribution in [0.4, 0.5) is 0 Å². The van der Waals surface area contributed by atoms with Crippen LogP contribution in [0.1, 0.15) is 28.9 Å². The smallest absolute Gasteiger partial charge is 0.339 e. The van der Waals surface area contributed by atoms with Gasteiger partial charge in [0.05, 0.1) is 18.4 Å². The van der Waals surface area contributed by atoms with Crippen LogP contribution in [0.15, 0.2) is 18.3 Å². The molecule has 1 aliphatic heterocycles. The van der Waals surface area contributed by atoms with Crippen LogP contribution in [0.25, 0.3) is 0 Å². The maximum atomic E-state index is 11.2. The van der Waals surface area contributed by atoms with E-state index in [-0.39, 0.29) is 17.9 Å². The van der Waals surface area contributed by atoms with Gasteiger partial charge >= 0.3 is 5.97 Å². The normalized spacial score (nSPS) is 18.8. The van der Waals surface area contributed by atoms with Crippen LogP contribution in [0, 0.1) is 0 Å². The van der Waals surface area contributed by atoms with Crippen molar-refractivity contribution in [1.29, 1.82) is 0 Å². The lowest BCUT2D eigenvalue weighted by Gasteiger charge is -2.23. The van der Waals surface area contributed by atoms with E-state index in [0.717, 1.165) is 12.1 Å². The molecule has 1 saturated heterocycles. The monoisotopic (exact) mass is 263 g/mol. The lowest BCUT2D eigenvalue weighted by Crippen LogP contribution is -2.45. The molecule has 1 aromatic rings. The second kappa shape index (κ2) is 6.29. The fourth-order valence-electron chi connectivity index (χ4n) is 1.92. The lowest BCUT2D eigenvalue weighted by atomic mass is 10.1. The van der Waals surface area contributed by atoms with Crippen LogP contribution in [-0.2, 0) is 16.1 Å². The summed E-state index contributed by atoms with van der Waals surface area (Å²) in [7, 11) is 1.34. The summed E-state index contributed by atoms with van der Waals surface area (Å²) in [4.78, 5) is 26.5. The van der Waals surface area contributed by atoms with Crippen molar-refractivity contribution in [3.8, 4) is 0 Å². The highest BCUT2D eigenvalue weighted by atomic mass is 16.5. The van der Waals surface area contributed by atoms with Crippen molar-refractivity contribution in [1.82, 2.24) is 15.6 Å². The summed E-state index contributed by atoms with van der Waals surface area (Å²) in [6.45, 7) is 1.26. The summed E-state index contributed by atoms with van der Waals surface area (Å²) in [5.41, 5.74) is 1.29. The van der Waals surface area contributed by atoms with Gasteiger partial charge in [-0.25, -0.2) is 4.79 Å². The standard InChI is InChI=1S/C13H17N3O3/c1-19-13(18)9-2-3-10(14-6-9)7-15-11-4-5-12(17)16-8-11/h2-3,6,11,15H,4-5,7-8H2,1H3,(H,16,17). The van der Waals surface area contributed by atoms with Crippen LogP contribution in [-0.4, -0.2) is 36.6 Å². The van der Waals surface area contributed by atoms with Crippen molar-refractivity contribution < 1.29 is 14.3 Å². The molecule has 0 radical (unpaired) electrons. The van der Waals surface area contributed by atoms with Gasteiger partial charge in [-0.2, -0.15) is 0 Å². The van der Waals surface area contributed by atoms with Crippen molar-refractivity contribution in [2.45, 2.75) is 25.4 Å². The van der Waals surface area contributed by atoms with E-state index < -0.39 is 0 Å². The van der Waals surface area contributed by atoms with Crippen molar-refractivity contribution in [3.63, 3.8) is 0 Å². The molecule has 2 rings (SSSR count). The van der Waals surface area contributed by atoms with Crippen LogP contribution in [0.5, 0.6) is 0 Å². The number of rotatable bonds is 4. The largest absolute Gasteiger partial charge is 0.465 e. The minimum absolute atomic E-state index is 0.110. The van der Waals surface area contributed by atoms with Gasteiger partial charge in [-0.05, 0) is 18.6 Å². The van der Waals surface area contributed by atoms with Crippen LogP contribution >= 0.6 is 0 Å². The number of piperidine rings is 1. The Bertz CT molecular complexity index is 449. The van der Waals surface area contributed by atoms with Gasteiger partial charge in [0.15, 0.2) is 0 Å². The topological polar surface area (TPSA) is 80.3 Å². The molecule has 1 fully saturated rings. The van der Waals surface area contributed by atoms with Crippen LogP contribution < -0.4 is 10.6 Å². The highest BCUT2D eigenvalue weighted by Gasteiger charge is 2.17. The molecule has 19 heavy (non-hydrogen) atoms. The van der Waals surface area contributed by atoms with E-state index in [0.29, 0.717) is 25.1 Å². The van der Waals surface area contributed by atoms with E-state index in [1.165, 1.54) is 13.3 Å². The first-order valence-corrected chi connectivity index (χ1v) is 6.22. The Kier molecular flexibility index (Phi) is 4.46.